The maximum absolute atomic E-state index is 13.3. The molecule has 0 spiro atoms. The summed E-state index contributed by atoms with van der Waals surface area (Å²) in [5.41, 5.74) is 3.62. The third-order valence-electron chi connectivity index (χ3n) is 6.60. The molecule has 6 heteroatoms. The molecule has 2 aromatic carbocycles. The standard InChI is InChI=1S/C31H39N3O3/c1-6-33(20-24-11-10-14-27(19-24)36-22(2)3)26-16-18-34(21-26)30-29(31(35)37-23(4)5)28(15-17-32-30)25-12-8-7-9-13-25/h7-15,17,19,22-23,26H,6,16,18,20-21H2,1-5H3/t26-/m1/s1. The zero-order valence-corrected chi connectivity index (χ0v) is 22.7. The second-order valence-electron chi connectivity index (χ2n) is 10.1. The van der Waals surface area contributed by atoms with Crippen molar-refractivity contribution < 1.29 is 14.3 Å². The minimum atomic E-state index is -0.324. The highest BCUT2D eigenvalue weighted by atomic mass is 16.5. The second kappa shape index (κ2) is 12.2. The Bertz CT molecular complexity index is 1180. The van der Waals surface area contributed by atoms with Gasteiger partial charge in [0.1, 0.15) is 17.1 Å². The number of carbonyl (C=O) groups is 1. The summed E-state index contributed by atoms with van der Waals surface area (Å²) in [6.45, 7) is 13.5. The molecule has 1 aromatic heterocycles. The Kier molecular flexibility index (Phi) is 8.82. The molecule has 0 N–H and O–H groups in total. The van der Waals surface area contributed by atoms with Crippen LogP contribution in [0.3, 0.4) is 0 Å². The van der Waals surface area contributed by atoms with Crippen LogP contribution in [0.5, 0.6) is 5.75 Å². The van der Waals surface area contributed by atoms with E-state index in [2.05, 4.69) is 34.9 Å². The third-order valence-corrected chi connectivity index (χ3v) is 6.60. The summed E-state index contributed by atoms with van der Waals surface area (Å²) in [5, 5.41) is 0. The number of carbonyl (C=O) groups excluding carboxylic acids is 1. The fourth-order valence-electron chi connectivity index (χ4n) is 4.98. The molecule has 196 valence electrons. The first kappa shape index (κ1) is 26.7. The number of rotatable bonds is 10. The Balaban J connectivity index is 1.57. The Morgan fingerprint density at radius 1 is 1.05 bits per heavy atom. The highest BCUT2D eigenvalue weighted by Gasteiger charge is 2.32. The molecule has 6 nitrogen and oxygen atoms in total. The summed E-state index contributed by atoms with van der Waals surface area (Å²) >= 11 is 0. The first-order chi connectivity index (χ1) is 17.9. The molecule has 0 bridgehead atoms. The number of aromatic nitrogens is 1. The van der Waals surface area contributed by atoms with Crippen molar-refractivity contribution in [3.63, 3.8) is 0 Å². The number of benzene rings is 2. The second-order valence-corrected chi connectivity index (χ2v) is 10.1. The van der Waals surface area contributed by atoms with E-state index < -0.39 is 0 Å². The lowest BCUT2D eigenvalue weighted by atomic mass is 10.0. The molecule has 1 atom stereocenters. The van der Waals surface area contributed by atoms with Gasteiger partial charge in [-0.2, -0.15) is 0 Å². The van der Waals surface area contributed by atoms with Crippen LogP contribution in [0.25, 0.3) is 11.1 Å². The summed E-state index contributed by atoms with van der Waals surface area (Å²) in [6, 6.07) is 20.6. The minimum Gasteiger partial charge on any atom is -0.491 e. The number of nitrogens with zero attached hydrogens (tertiary/aromatic N) is 3. The summed E-state index contributed by atoms with van der Waals surface area (Å²) in [7, 11) is 0. The molecular weight excluding hydrogens is 462 g/mol. The topological polar surface area (TPSA) is 54.9 Å². The Morgan fingerprint density at radius 2 is 1.84 bits per heavy atom. The minimum absolute atomic E-state index is 0.150. The fraction of sp³-hybridized carbons (Fsp3) is 0.419. The van der Waals surface area contributed by atoms with E-state index in [1.165, 1.54) is 5.56 Å². The molecule has 2 heterocycles. The van der Waals surface area contributed by atoms with Gasteiger partial charge in [0.05, 0.1) is 12.2 Å². The van der Waals surface area contributed by atoms with Crippen molar-refractivity contribution in [1.29, 1.82) is 0 Å². The molecule has 0 unspecified atom stereocenters. The molecule has 1 aliphatic heterocycles. The van der Waals surface area contributed by atoms with Crippen molar-refractivity contribution >= 4 is 11.8 Å². The quantitative estimate of drug-likeness (QED) is 0.308. The average Bonchev–Trinajstić information content (AvgIpc) is 3.37. The molecule has 4 rings (SSSR count). The van der Waals surface area contributed by atoms with Gasteiger partial charge >= 0.3 is 5.97 Å². The van der Waals surface area contributed by atoms with Crippen molar-refractivity contribution in [1.82, 2.24) is 9.88 Å². The third kappa shape index (κ3) is 6.69. The largest absolute Gasteiger partial charge is 0.491 e. The maximum Gasteiger partial charge on any atom is 0.342 e. The number of ether oxygens (including phenoxy) is 2. The van der Waals surface area contributed by atoms with Crippen LogP contribution in [0.4, 0.5) is 5.82 Å². The Hall–Kier alpha value is -3.38. The summed E-state index contributed by atoms with van der Waals surface area (Å²) in [5.74, 6) is 1.29. The highest BCUT2D eigenvalue weighted by Crippen LogP contribution is 2.33. The lowest BCUT2D eigenvalue weighted by Gasteiger charge is -2.28. The van der Waals surface area contributed by atoms with E-state index in [9.17, 15) is 4.79 Å². The first-order valence-corrected chi connectivity index (χ1v) is 13.4. The van der Waals surface area contributed by atoms with E-state index in [1.54, 1.807) is 6.20 Å². The van der Waals surface area contributed by atoms with Gasteiger partial charge in [-0.3, -0.25) is 4.90 Å². The first-order valence-electron chi connectivity index (χ1n) is 13.4. The van der Waals surface area contributed by atoms with E-state index in [1.807, 2.05) is 70.2 Å². The van der Waals surface area contributed by atoms with Crippen LogP contribution >= 0.6 is 0 Å². The van der Waals surface area contributed by atoms with Gasteiger partial charge in [0.25, 0.3) is 0 Å². The van der Waals surface area contributed by atoms with Crippen LogP contribution in [0.15, 0.2) is 66.9 Å². The SMILES string of the molecule is CCN(Cc1cccc(OC(C)C)c1)[C@@H]1CCN(c2nccc(-c3ccccc3)c2C(=O)OC(C)C)C1. The molecule has 37 heavy (non-hydrogen) atoms. The molecule has 0 saturated carbocycles. The van der Waals surface area contributed by atoms with Crippen molar-refractivity contribution in [2.24, 2.45) is 0 Å². The number of anilines is 1. The molecule has 1 saturated heterocycles. The molecule has 3 aromatic rings. The zero-order valence-electron chi connectivity index (χ0n) is 22.7. The lowest BCUT2D eigenvalue weighted by molar-refractivity contribution is 0.0379. The van der Waals surface area contributed by atoms with E-state index in [-0.39, 0.29) is 18.2 Å². The summed E-state index contributed by atoms with van der Waals surface area (Å²) in [6.07, 6.45) is 2.75. The van der Waals surface area contributed by atoms with Crippen molar-refractivity contribution in [2.75, 3.05) is 24.5 Å². The van der Waals surface area contributed by atoms with Crippen molar-refractivity contribution in [2.45, 2.75) is 65.8 Å². The monoisotopic (exact) mass is 501 g/mol. The highest BCUT2D eigenvalue weighted by molar-refractivity contribution is 6.02. The number of hydrogen-bond donors (Lipinski definition) is 0. The van der Waals surface area contributed by atoms with Gasteiger partial charge in [0.15, 0.2) is 0 Å². The van der Waals surface area contributed by atoms with Gasteiger partial charge in [-0.15, -0.1) is 0 Å². The van der Waals surface area contributed by atoms with Crippen LogP contribution in [0.2, 0.25) is 0 Å². The molecule has 0 aliphatic carbocycles. The van der Waals surface area contributed by atoms with Gasteiger partial charge in [-0.1, -0.05) is 49.4 Å². The Labute approximate surface area is 221 Å². The van der Waals surface area contributed by atoms with E-state index >= 15 is 0 Å². The predicted octanol–water partition coefficient (Wildman–Crippen LogP) is 6.20. The maximum atomic E-state index is 13.3. The zero-order chi connectivity index (χ0) is 26.4. The normalized spacial score (nSPS) is 15.6. The van der Waals surface area contributed by atoms with E-state index in [0.29, 0.717) is 17.4 Å². The van der Waals surface area contributed by atoms with Gasteiger partial charge < -0.3 is 14.4 Å². The molecule has 1 aliphatic rings. The van der Waals surface area contributed by atoms with Crippen molar-refractivity contribution in [3.8, 4) is 16.9 Å². The predicted molar refractivity (Wildman–Crippen MR) is 149 cm³/mol. The summed E-state index contributed by atoms with van der Waals surface area (Å²) < 4.78 is 11.6. The van der Waals surface area contributed by atoms with E-state index in [0.717, 1.165) is 49.5 Å². The molecular formula is C31H39N3O3. The molecule has 1 fully saturated rings. The molecule has 0 radical (unpaired) electrons. The van der Waals surface area contributed by atoms with Crippen LogP contribution < -0.4 is 9.64 Å². The number of likely N-dealkylation sites (N-methyl/N-ethyl adjacent to an activating group) is 1. The van der Waals surface area contributed by atoms with Gasteiger partial charge in [-0.25, -0.2) is 9.78 Å². The number of hydrogen-bond acceptors (Lipinski definition) is 6. The van der Waals surface area contributed by atoms with E-state index in [4.69, 9.17) is 14.5 Å². The van der Waals surface area contributed by atoms with Gasteiger partial charge in [0.2, 0.25) is 0 Å². The average molecular weight is 502 g/mol. The lowest BCUT2D eigenvalue weighted by Crippen LogP contribution is -2.37. The summed E-state index contributed by atoms with van der Waals surface area (Å²) in [4.78, 5) is 22.8. The molecule has 0 amide bonds. The van der Waals surface area contributed by atoms with Crippen LogP contribution in [0.1, 0.15) is 57.0 Å². The van der Waals surface area contributed by atoms with Crippen molar-refractivity contribution in [3.05, 3.63) is 78.0 Å². The van der Waals surface area contributed by atoms with Crippen LogP contribution in [0, 0.1) is 0 Å². The smallest absolute Gasteiger partial charge is 0.342 e. The van der Waals surface area contributed by atoms with Gasteiger partial charge in [0, 0.05) is 37.4 Å². The fourth-order valence-corrected chi connectivity index (χ4v) is 4.98. The van der Waals surface area contributed by atoms with Crippen LogP contribution in [-0.4, -0.2) is 53.7 Å². The van der Waals surface area contributed by atoms with Gasteiger partial charge in [-0.05, 0) is 70.0 Å². The number of esters is 1. The number of pyridine rings is 1. The van der Waals surface area contributed by atoms with Crippen LogP contribution in [-0.2, 0) is 11.3 Å². The Morgan fingerprint density at radius 3 is 2.54 bits per heavy atom.